The Labute approximate surface area is 333 Å². The molecule has 0 saturated heterocycles. The summed E-state index contributed by atoms with van der Waals surface area (Å²) in [6.45, 7) is 9.41. The summed E-state index contributed by atoms with van der Waals surface area (Å²) in [7, 11) is 0. The molecule has 0 radical (unpaired) electrons. The molecule has 0 bridgehead atoms. The molecular formula is C54H41NS. The predicted octanol–water partition coefficient (Wildman–Crippen LogP) is 15.5. The van der Waals surface area contributed by atoms with Crippen LogP contribution < -0.4 is 4.90 Å². The minimum atomic E-state index is -0.0900. The van der Waals surface area contributed by atoms with Crippen LogP contribution in [0.15, 0.2) is 176 Å². The van der Waals surface area contributed by atoms with Gasteiger partial charge in [-0.3, -0.25) is 0 Å². The van der Waals surface area contributed by atoms with Crippen molar-refractivity contribution in [3.63, 3.8) is 0 Å². The quantitative estimate of drug-likeness (QED) is 0.170. The minimum Gasteiger partial charge on any atom is -0.310 e. The lowest BCUT2D eigenvalue weighted by Gasteiger charge is -2.29. The van der Waals surface area contributed by atoms with Gasteiger partial charge in [-0.1, -0.05) is 155 Å². The van der Waals surface area contributed by atoms with Gasteiger partial charge in [0.2, 0.25) is 0 Å². The summed E-state index contributed by atoms with van der Waals surface area (Å²) in [6.07, 6.45) is 0. The molecule has 2 heteroatoms. The Morgan fingerprint density at radius 1 is 0.375 bits per heavy atom. The second kappa shape index (κ2) is 12.1. The number of anilines is 3. The topological polar surface area (TPSA) is 3.24 Å². The first kappa shape index (κ1) is 33.1. The molecule has 9 aromatic rings. The van der Waals surface area contributed by atoms with Crippen LogP contribution in [0.4, 0.5) is 17.1 Å². The van der Waals surface area contributed by atoms with Crippen LogP contribution in [-0.2, 0) is 10.8 Å². The van der Waals surface area contributed by atoms with Gasteiger partial charge in [-0.2, -0.15) is 0 Å². The Morgan fingerprint density at radius 2 is 0.893 bits per heavy atom. The molecule has 1 heterocycles. The molecule has 1 aromatic heterocycles. The first-order chi connectivity index (χ1) is 27.3. The van der Waals surface area contributed by atoms with Crippen LogP contribution in [0.3, 0.4) is 0 Å². The van der Waals surface area contributed by atoms with Gasteiger partial charge >= 0.3 is 0 Å². The second-order valence-corrected chi connectivity index (χ2v) is 17.6. The summed E-state index contributed by atoms with van der Waals surface area (Å²) in [6, 6.07) is 65.7. The fourth-order valence-electron chi connectivity index (χ4n) is 9.76. The molecule has 0 N–H and O–H groups in total. The Balaban J connectivity index is 1.02. The van der Waals surface area contributed by atoms with E-state index in [0.29, 0.717) is 0 Å². The van der Waals surface area contributed by atoms with E-state index in [9.17, 15) is 0 Å². The normalized spacial score (nSPS) is 14.4. The molecule has 56 heavy (non-hydrogen) atoms. The number of benzene rings is 8. The van der Waals surface area contributed by atoms with Gasteiger partial charge in [0.1, 0.15) is 0 Å². The monoisotopic (exact) mass is 735 g/mol. The molecule has 0 aliphatic heterocycles. The first-order valence-electron chi connectivity index (χ1n) is 19.7. The van der Waals surface area contributed by atoms with Gasteiger partial charge in [0.25, 0.3) is 0 Å². The van der Waals surface area contributed by atoms with Crippen molar-refractivity contribution in [2.45, 2.75) is 38.5 Å². The zero-order valence-electron chi connectivity index (χ0n) is 32.1. The zero-order valence-corrected chi connectivity index (χ0v) is 32.9. The molecular weight excluding hydrogens is 695 g/mol. The third kappa shape index (κ3) is 4.85. The highest BCUT2D eigenvalue weighted by molar-refractivity contribution is 7.25. The summed E-state index contributed by atoms with van der Waals surface area (Å²) in [5.41, 5.74) is 19.2. The van der Waals surface area contributed by atoms with Crippen molar-refractivity contribution < 1.29 is 0 Å². The van der Waals surface area contributed by atoms with E-state index in [1.54, 1.807) is 0 Å². The number of rotatable bonds is 5. The summed E-state index contributed by atoms with van der Waals surface area (Å²) in [4.78, 5) is 2.46. The van der Waals surface area contributed by atoms with Crippen molar-refractivity contribution >= 4 is 48.6 Å². The molecule has 0 atom stereocenters. The Morgan fingerprint density at radius 3 is 1.62 bits per heavy atom. The number of thiophene rings is 1. The molecule has 0 spiro atoms. The minimum absolute atomic E-state index is 0.00114. The molecule has 0 unspecified atom stereocenters. The molecule has 11 rings (SSSR count). The summed E-state index contributed by atoms with van der Waals surface area (Å²) < 4.78 is 2.66. The number of hydrogen-bond acceptors (Lipinski definition) is 2. The van der Waals surface area contributed by atoms with Gasteiger partial charge in [0, 0.05) is 47.9 Å². The van der Waals surface area contributed by atoms with E-state index in [4.69, 9.17) is 0 Å². The molecule has 2 aliphatic carbocycles. The molecule has 268 valence electrons. The number of nitrogens with zero attached hydrogens (tertiary/aromatic N) is 1. The molecule has 0 fully saturated rings. The van der Waals surface area contributed by atoms with Crippen LogP contribution in [0.5, 0.6) is 0 Å². The van der Waals surface area contributed by atoms with E-state index >= 15 is 0 Å². The molecule has 1 nitrogen and oxygen atoms in total. The average Bonchev–Trinajstić information content (AvgIpc) is 3.81. The smallest absolute Gasteiger partial charge is 0.0543 e. The van der Waals surface area contributed by atoms with Crippen LogP contribution in [0, 0.1) is 0 Å². The van der Waals surface area contributed by atoms with Crippen molar-refractivity contribution in [2.24, 2.45) is 0 Å². The van der Waals surface area contributed by atoms with Crippen molar-refractivity contribution in [2.75, 3.05) is 4.90 Å². The maximum Gasteiger partial charge on any atom is 0.0543 e. The highest BCUT2D eigenvalue weighted by Crippen LogP contribution is 2.54. The Bertz CT molecular complexity index is 3010. The van der Waals surface area contributed by atoms with E-state index in [-0.39, 0.29) is 10.8 Å². The predicted molar refractivity (Wildman–Crippen MR) is 240 cm³/mol. The Kier molecular flexibility index (Phi) is 7.18. The van der Waals surface area contributed by atoms with Gasteiger partial charge in [-0.25, -0.2) is 0 Å². The largest absolute Gasteiger partial charge is 0.310 e. The van der Waals surface area contributed by atoms with Crippen molar-refractivity contribution in [3.8, 4) is 44.5 Å². The third-order valence-electron chi connectivity index (χ3n) is 12.7. The average molecular weight is 736 g/mol. The van der Waals surface area contributed by atoms with Crippen molar-refractivity contribution in [1.82, 2.24) is 0 Å². The first-order valence-corrected chi connectivity index (χ1v) is 20.5. The van der Waals surface area contributed by atoms with Crippen LogP contribution in [0.25, 0.3) is 64.7 Å². The fourth-order valence-corrected chi connectivity index (χ4v) is 10.9. The molecule has 0 amide bonds. The summed E-state index contributed by atoms with van der Waals surface area (Å²) in [5.74, 6) is 0. The SMILES string of the molecule is CC1(C)c2ccccc2-c2cc(-c3ccc(N(c4ccc(-c5ccc6c(c5)sc5ccccc56)cc4)c4cccc5c4-c4ccccc4C5(C)C)cc3)ccc21. The van der Waals surface area contributed by atoms with Gasteiger partial charge in [0.05, 0.1) is 5.69 Å². The standard InChI is InChI=1S/C54H41NS/c1-53(2)45-15-8-5-12-40(45)44-32-36(25-31-47(44)53)34-20-26-38(27-21-34)55(49-18-11-17-48-52(49)43-14-6-9-16-46(43)54(48,3)4)39-28-22-35(23-29-39)37-24-30-42-41-13-7-10-19-50(41)56-51(42)33-37/h5-33H,1-4H3. The van der Waals surface area contributed by atoms with E-state index in [1.807, 2.05) is 11.3 Å². The zero-order chi connectivity index (χ0) is 37.8. The van der Waals surface area contributed by atoms with E-state index in [2.05, 4.69) is 209 Å². The van der Waals surface area contributed by atoms with Gasteiger partial charge in [-0.05, 0) is 110 Å². The van der Waals surface area contributed by atoms with E-state index in [1.165, 1.54) is 92.6 Å². The molecule has 0 saturated carbocycles. The van der Waals surface area contributed by atoms with Crippen LogP contribution in [0.2, 0.25) is 0 Å². The molecule has 8 aromatic carbocycles. The number of hydrogen-bond donors (Lipinski definition) is 0. The summed E-state index contributed by atoms with van der Waals surface area (Å²) >= 11 is 1.87. The lowest BCUT2D eigenvalue weighted by atomic mass is 9.82. The van der Waals surface area contributed by atoms with Crippen LogP contribution in [-0.4, -0.2) is 0 Å². The highest BCUT2D eigenvalue weighted by Gasteiger charge is 2.38. The number of fused-ring (bicyclic) bond motifs is 9. The Hall–Kier alpha value is -6.22. The van der Waals surface area contributed by atoms with Gasteiger partial charge in [-0.15, -0.1) is 11.3 Å². The maximum absolute atomic E-state index is 2.46. The van der Waals surface area contributed by atoms with Crippen LogP contribution in [0.1, 0.15) is 49.9 Å². The highest BCUT2D eigenvalue weighted by atomic mass is 32.1. The van der Waals surface area contributed by atoms with Crippen molar-refractivity contribution in [3.05, 3.63) is 198 Å². The maximum atomic E-state index is 2.46. The fraction of sp³-hybridized carbons (Fsp3) is 0.111. The van der Waals surface area contributed by atoms with E-state index in [0.717, 1.165) is 11.4 Å². The van der Waals surface area contributed by atoms with Crippen LogP contribution >= 0.6 is 11.3 Å². The lowest BCUT2D eigenvalue weighted by Crippen LogP contribution is -2.16. The third-order valence-corrected chi connectivity index (χ3v) is 13.8. The second-order valence-electron chi connectivity index (χ2n) is 16.5. The van der Waals surface area contributed by atoms with Gasteiger partial charge < -0.3 is 4.90 Å². The van der Waals surface area contributed by atoms with Gasteiger partial charge in [0.15, 0.2) is 0 Å². The molecule has 2 aliphatic rings. The lowest BCUT2D eigenvalue weighted by molar-refractivity contribution is 0.660. The van der Waals surface area contributed by atoms with Crippen molar-refractivity contribution in [1.29, 1.82) is 0 Å². The van der Waals surface area contributed by atoms with E-state index < -0.39 is 0 Å². The summed E-state index contributed by atoms with van der Waals surface area (Å²) in [5, 5.41) is 2.66.